The minimum absolute atomic E-state index is 0.0844. The number of hydrogen-bond acceptors (Lipinski definition) is 9. The molecule has 15 heteroatoms. The molecular weight excluding hydrogens is 979 g/mol. The average molecular weight is 1050 g/mol. The molecule has 0 fully saturated rings. The Hall–Kier alpha value is -8.73. The van der Waals surface area contributed by atoms with Crippen molar-refractivity contribution in [2.24, 2.45) is 15.0 Å². The van der Waals surface area contributed by atoms with Gasteiger partial charge in [0, 0.05) is 53.3 Å². The van der Waals surface area contributed by atoms with Crippen molar-refractivity contribution in [3.8, 4) is 0 Å². The topological polar surface area (TPSA) is 185 Å². The van der Waals surface area contributed by atoms with Gasteiger partial charge in [-0.05, 0) is 209 Å². The van der Waals surface area contributed by atoms with E-state index in [0.29, 0.717) is 17.1 Å². The van der Waals surface area contributed by atoms with Crippen molar-refractivity contribution in [1.29, 1.82) is 0 Å². The van der Waals surface area contributed by atoms with E-state index in [4.69, 9.17) is 0 Å². The summed E-state index contributed by atoms with van der Waals surface area (Å²) in [5.41, 5.74) is 10.9. The third-order valence-electron chi connectivity index (χ3n) is 12.2. The number of aliphatic imine (C=N–C) groups is 3. The third-order valence-corrected chi connectivity index (χ3v) is 12.2. The molecule has 0 heterocycles. The molecule has 78 heavy (non-hydrogen) atoms. The zero-order valence-corrected chi connectivity index (χ0v) is 47.1. The van der Waals surface area contributed by atoms with Crippen molar-refractivity contribution >= 4 is 70.5 Å². The molecule has 0 aliphatic heterocycles. The van der Waals surface area contributed by atoms with Gasteiger partial charge in [0.1, 0.15) is 0 Å². The minimum atomic E-state index is -0.0888. The second kappa shape index (κ2) is 31.3. The highest BCUT2D eigenvalue weighted by Gasteiger charge is 2.22. The smallest absolute Gasteiger partial charge is 0.320 e. The van der Waals surface area contributed by atoms with Gasteiger partial charge >= 0.3 is 18.1 Å². The van der Waals surface area contributed by atoms with Crippen LogP contribution in [-0.4, -0.2) is 87.3 Å². The Morgan fingerprint density at radius 2 is 0.487 bits per heavy atom. The Morgan fingerprint density at radius 1 is 0.321 bits per heavy atom. The predicted octanol–water partition coefficient (Wildman–Crippen LogP) is 14.7. The second-order valence-corrected chi connectivity index (χ2v) is 20.3. The molecule has 0 spiro atoms. The highest BCUT2D eigenvalue weighted by molar-refractivity contribution is 5.91. The largest absolute Gasteiger partial charge is 0.322 e. The number of nitrogens with one attached hydrogen (secondary N) is 3. The van der Waals surface area contributed by atoms with E-state index in [2.05, 4.69) is 30.9 Å². The Kier molecular flexibility index (Phi) is 24.8. The number of isocyanates is 3. The van der Waals surface area contributed by atoms with Crippen molar-refractivity contribution in [3.63, 3.8) is 0 Å². The van der Waals surface area contributed by atoms with E-state index in [1.165, 1.54) is 18.2 Å². The van der Waals surface area contributed by atoms with Crippen molar-refractivity contribution in [3.05, 3.63) is 179 Å². The summed E-state index contributed by atoms with van der Waals surface area (Å²) in [7, 11) is 0. The Bertz CT molecular complexity index is 2810. The van der Waals surface area contributed by atoms with Crippen molar-refractivity contribution in [1.82, 2.24) is 14.7 Å². The number of amides is 6. The summed E-state index contributed by atoms with van der Waals surface area (Å²) >= 11 is 0. The molecule has 6 rings (SSSR count). The van der Waals surface area contributed by atoms with Crippen molar-refractivity contribution < 1.29 is 28.8 Å². The van der Waals surface area contributed by atoms with Gasteiger partial charge in [-0.3, -0.25) is 0 Å². The lowest BCUT2D eigenvalue weighted by molar-refractivity contribution is 0.177. The van der Waals surface area contributed by atoms with Crippen LogP contribution in [0.1, 0.15) is 116 Å². The molecule has 0 aromatic heterocycles. The van der Waals surface area contributed by atoms with E-state index in [1.807, 2.05) is 207 Å². The molecule has 6 amide bonds. The summed E-state index contributed by atoms with van der Waals surface area (Å²) in [4.78, 5) is 84.2. The van der Waals surface area contributed by atoms with E-state index in [-0.39, 0.29) is 54.3 Å². The van der Waals surface area contributed by atoms with Gasteiger partial charge in [-0.1, -0.05) is 72.8 Å². The number of rotatable bonds is 18. The normalized spacial score (nSPS) is 10.5. The van der Waals surface area contributed by atoms with Crippen LogP contribution in [0.2, 0.25) is 0 Å². The van der Waals surface area contributed by atoms with Crippen LogP contribution in [0.25, 0.3) is 0 Å². The fourth-order valence-corrected chi connectivity index (χ4v) is 8.81. The number of urea groups is 3. The van der Waals surface area contributed by atoms with Gasteiger partial charge in [0.2, 0.25) is 18.2 Å². The zero-order chi connectivity index (χ0) is 57.3. The predicted molar refractivity (Wildman–Crippen MR) is 314 cm³/mol. The number of carbonyl (C=O) groups is 3. The molecule has 0 aliphatic carbocycles. The van der Waals surface area contributed by atoms with Crippen LogP contribution in [0.4, 0.5) is 48.5 Å². The van der Waals surface area contributed by atoms with Gasteiger partial charge in [0.05, 0.1) is 17.1 Å². The molecule has 0 saturated heterocycles. The molecule has 0 unspecified atom stereocenters. The van der Waals surface area contributed by atoms with Crippen molar-refractivity contribution in [2.45, 2.75) is 139 Å². The van der Waals surface area contributed by atoms with Crippen LogP contribution in [0.15, 0.2) is 161 Å². The SMILES string of the molecule is CC(C)N(C(=O)Nc1ccc(Cc2ccc(N=C=O)cc2)cc1)C(C)C.CC(C)N(C(=O)Nc1ccc(Cc2ccc(NC(=O)N(C(C)C)C(C)C)cc2)cc1)C(C)C.O=C=Nc1ccc(Cc2ccc(N=C=O)cc2)cc1. The number of anilines is 3. The maximum atomic E-state index is 12.6. The van der Waals surface area contributed by atoms with Crippen LogP contribution < -0.4 is 16.0 Å². The molecule has 15 nitrogen and oxygen atoms in total. The molecule has 6 aromatic rings. The lowest BCUT2D eigenvalue weighted by Crippen LogP contribution is -2.44. The Morgan fingerprint density at radius 3 is 0.641 bits per heavy atom. The van der Waals surface area contributed by atoms with Gasteiger partial charge in [-0.15, -0.1) is 0 Å². The summed E-state index contributed by atoms with van der Waals surface area (Å²) < 4.78 is 0. The van der Waals surface area contributed by atoms with Gasteiger partial charge in [-0.25, -0.2) is 28.8 Å². The first-order chi connectivity index (χ1) is 37.2. The maximum absolute atomic E-state index is 12.6. The quantitative estimate of drug-likeness (QED) is 0.0568. The first kappa shape index (κ1) is 61.8. The molecule has 408 valence electrons. The van der Waals surface area contributed by atoms with Crippen LogP contribution >= 0.6 is 0 Å². The number of benzene rings is 6. The van der Waals surface area contributed by atoms with E-state index in [0.717, 1.165) is 69.7 Å². The second-order valence-electron chi connectivity index (χ2n) is 20.3. The number of nitrogens with zero attached hydrogens (tertiary/aromatic N) is 6. The molecule has 3 N–H and O–H groups in total. The van der Waals surface area contributed by atoms with Crippen LogP contribution in [0, 0.1) is 0 Å². The van der Waals surface area contributed by atoms with E-state index < -0.39 is 0 Å². The fraction of sp³-hybridized carbons (Fsp3) is 0.333. The zero-order valence-electron chi connectivity index (χ0n) is 47.1. The molecule has 0 atom stereocenters. The lowest BCUT2D eigenvalue weighted by atomic mass is 10.0. The Balaban J connectivity index is 0.000000261. The standard InChI is InChI=1S/C27H40N4O2.C21H25N3O2.C15H10N2O2/c1-18(2)30(19(3)4)26(32)28-24-13-9-22(10-14-24)17-23-11-15-25(16-12-23)29-27(33)31(20(5)6)21(7)8;1-15(2)24(16(3)4)21(26)23-20-11-7-18(8-12-20)13-17-5-9-19(10-6-17)22-14-25;18-10-16-14-5-1-12(2-6-14)9-13-3-7-15(8-4-13)17-11-19/h9-16,18-21H,17H2,1-8H3,(H,28,32)(H,29,33);5-12,15-16H,13H2,1-4H3,(H,23,26);1-8H,9H2. The van der Waals surface area contributed by atoms with Crippen LogP contribution in [0.5, 0.6) is 0 Å². The first-order valence-corrected chi connectivity index (χ1v) is 26.3. The highest BCUT2D eigenvalue weighted by atomic mass is 16.2. The van der Waals surface area contributed by atoms with Gasteiger partial charge < -0.3 is 30.7 Å². The summed E-state index contributed by atoms with van der Waals surface area (Å²) in [6.45, 7) is 24.2. The number of carbonyl (C=O) groups excluding carboxylic acids is 6. The summed E-state index contributed by atoms with van der Waals surface area (Å²) in [6, 6.07) is 46.5. The molecular formula is C63H75N9O6. The van der Waals surface area contributed by atoms with Crippen LogP contribution in [-0.2, 0) is 33.6 Å². The van der Waals surface area contributed by atoms with Gasteiger partial charge in [-0.2, -0.15) is 15.0 Å². The molecule has 0 bridgehead atoms. The molecule has 6 aromatic carbocycles. The highest BCUT2D eigenvalue weighted by Crippen LogP contribution is 2.22. The maximum Gasteiger partial charge on any atom is 0.322 e. The van der Waals surface area contributed by atoms with Crippen molar-refractivity contribution in [2.75, 3.05) is 16.0 Å². The lowest BCUT2D eigenvalue weighted by Gasteiger charge is -2.30. The number of hydrogen-bond donors (Lipinski definition) is 3. The average Bonchev–Trinajstić information content (AvgIpc) is 3.38. The molecule has 0 aliphatic rings. The minimum Gasteiger partial charge on any atom is -0.320 e. The van der Waals surface area contributed by atoms with E-state index >= 15 is 0 Å². The molecule has 0 saturated carbocycles. The summed E-state index contributed by atoms with van der Waals surface area (Å²) in [6.07, 6.45) is 6.84. The monoisotopic (exact) mass is 1050 g/mol. The van der Waals surface area contributed by atoms with E-state index in [9.17, 15) is 28.8 Å². The summed E-state index contributed by atoms with van der Waals surface area (Å²) in [5, 5.41) is 8.93. The van der Waals surface area contributed by atoms with Gasteiger partial charge in [0.25, 0.3) is 0 Å². The van der Waals surface area contributed by atoms with Crippen LogP contribution in [0.3, 0.4) is 0 Å². The fourth-order valence-electron chi connectivity index (χ4n) is 8.81. The summed E-state index contributed by atoms with van der Waals surface area (Å²) in [5.74, 6) is 0. The van der Waals surface area contributed by atoms with E-state index in [1.54, 1.807) is 36.4 Å². The molecule has 0 radical (unpaired) electrons. The van der Waals surface area contributed by atoms with Gasteiger partial charge in [0.15, 0.2) is 0 Å². The first-order valence-electron chi connectivity index (χ1n) is 26.3. The third kappa shape index (κ3) is 20.4. The Labute approximate surface area is 460 Å².